The van der Waals surface area contributed by atoms with E-state index in [2.05, 4.69) is 97.2 Å². The van der Waals surface area contributed by atoms with Gasteiger partial charge in [-0.3, -0.25) is 4.79 Å². The van der Waals surface area contributed by atoms with E-state index >= 15 is 0 Å². The lowest BCUT2D eigenvalue weighted by molar-refractivity contribution is -0.142. The number of carbonyl (C=O) groups excluding carboxylic acids is 1. The van der Waals surface area contributed by atoms with Gasteiger partial charge in [0.25, 0.3) is 0 Å². The highest BCUT2D eigenvalue weighted by Gasteiger charge is 2.17. The van der Waals surface area contributed by atoms with Gasteiger partial charge in [-0.05, 0) is 65.4 Å². The van der Waals surface area contributed by atoms with Crippen LogP contribution in [0.25, 0.3) is 11.4 Å². The first-order valence-corrected chi connectivity index (χ1v) is 20.4. The molecule has 0 aliphatic rings. The monoisotopic (exact) mass is 726 g/mol. The zero-order valence-electron chi connectivity index (χ0n) is 32.6. The van der Waals surface area contributed by atoms with E-state index in [1.165, 1.54) is 63.4 Å². The highest BCUT2D eigenvalue weighted by molar-refractivity contribution is 7.99. The van der Waals surface area contributed by atoms with E-state index < -0.39 is 0 Å². The number of unbranched alkanes of at least 4 members (excludes halogenated alkanes) is 10. The van der Waals surface area contributed by atoms with E-state index in [0.29, 0.717) is 26.2 Å². The Morgan fingerprint density at radius 3 is 2.06 bits per heavy atom. The van der Waals surface area contributed by atoms with Crippen LogP contribution in [0.1, 0.15) is 128 Å². The van der Waals surface area contributed by atoms with Crippen LogP contribution in [0, 0.1) is 0 Å². The first kappa shape index (κ1) is 41.0. The molecular formula is C44H62N4O3S. The Bertz CT molecular complexity index is 1630. The second-order valence-corrected chi connectivity index (χ2v) is 15.9. The quantitative estimate of drug-likeness (QED) is 0.0602. The van der Waals surface area contributed by atoms with E-state index in [1.807, 2.05) is 31.3 Å². The normalized spacial score (nSPS) is 11.5. The molecule has 4 aromatic rings. The van der Waals surface area contributed by atoms with Crippen molar-refractivity contribution in [1.29, 1.82) is 0 Å². The first-order valence-electron chi connectivity index (χ1n) is 19.6. The van der Waals surface area contributed by atoms with Crippen molar-refractivity contribution in [2.75, 3.05) is 18.5 Å². The van der Waals surface area contributed by atoms with Crippen LogP contribution < -0.4 is 10.1 Å². The second-order valence-electron chi connectivity index (χ2n) is 14.9. The third kappa shape index (κ3) is 13.6. The number of esters is 1. The lowest BCUT2D eigenvalue weighted by atomic mass is 9.87. The number of nitrogens with zero attached hydrogens (tertiary/aromatic N) is 3. The fourth-order valence-corrected chi connectivity index (χ4v) is 6.86. The van der Waals surface area contributed by atoms with Crippen LogP contribution >= 0.6 is 11.8 Å². The highest BCUT2D eigenvalue weighted by atomic mass is 32.2. The van der Waals surface area contributed by atoms with E-state index in [1.54, 1.807) is 11.8 Å². The molecule has 0 radical (unpaired) electrons. The summed E-state index contributed by atoms with van der Waals surface area (Å²) in [5, 5.41) is 13.5. The standard InChI is InChI=1S/C44H62N4O3S/c1-7-9-11-13-14-16-18-30-51-41(49)31-34-19-26-38(27-20-34)45-33-36-23-28-39(32-40(36)50-29-17-15-12-10-8-2)52-43-47-46-42(48(43)6)35-21-24-37(25-22-35)44(3,4)5/h19-28,32,45H,7-18,29-31,33H2,1-6H3. The molecule has 52 heavy (non-hydrogen) atoms. The molecule has 0 aliphatic carbocycles. The van der Waals surface area contributed by atoms with Gasteiger partial charge >= 0.3 is 5.97 Å². The van der Waals surface area contributed by atoms with Gasteiger partial charge < -0.3 is 19.4 Å². The zero-order chi connectivity index (χ0) is 37.2. The van der Waals surface area contributed by atoms with Crippen molar-refractivity contribution in [3.63, 3.8) is 0 Å². The van der Waals surface area contributed by atoms with Crippen LogP contribution in [-0.2, 0) is 35.0 Å². The minimum atomic E-state index is -0.159. The molecule has 282 valence electrons. The molecule has 4 rings (SSSR count). The summed E-state index contributed by atoms with van der Waals surface area (Å²) >= 11 is 1.59. The van der Waals surface area contributed by atoms with Crippen molar-refractivity contribution in [2.24, 2.45) is 7.05 Å². The summed E-state index contributed by atoms with van der Waals surface area (Å²) < 4.78 is 14.0. The Balaban J connectivity index is 1.34. The first-order chi connectivity index (χ1) is 25.2. The molecule has 7 nitrogen and oxygen atoms in total. The molecule has 0 saturated heterocycles. The van der Waals surface area contributed by atoms with Crippen molar-refractivity contribution < 1.29 is 14.3 Å². The Hall–Kier alpha value is -3.78. The van der Waals surface area contributed by atoms with E-state index in [0.717, 1.165) is 63.3 Å². The third-order valence-electron chi connectivity index (χ3n) is 9.39. The zero-order valence-corrected chi connectivity index (χ0v) is 33.5. The van der Waals surface area contributed by atoms with Gasteiger partial charge in [-0.25, -0.2) is 0 Å². The Kier molecular flexibility index (Phi) is 17.1. The predicted octanol–water partition coefficient (Wildman–Crippen LogP) is 11.7. The van der Waals surface area contributed by atoms with Crippen molar-refractivity contribution in [3.05, 3.63) is 83.4 Å². The van der Waals surface area contributed by atoms with Gasteiger partial charge in [0.2, 0.25) is 0 Å². The van der Waals surface area contributed by atoms with Crippen molar-refractivity contribution in [3.8, 4) is 17.1 Å². The van der Waals surface area contributed by atoms with Crippen LogP contribution in [0.2, 0.25) is 0 Å². The number of hydrogen-bond acceptors (Lipinski definition) is 7. The molecule has 3 aromatic carbocycles. The molecule has 1 heterocycles. The largest absolute Gasteiger partial charge is 0.493 e. The minimum absolute atomic E-state index is 0.102. The highest BCUT2D eigenvalue weighted by Crippen LogP contribution is 2.34. The maximum atomic E-state index is 12.4. The average Bonchev–Trinajstić information content (AvgIpc) is 3.49. The number of carbonyl (C=O) groups is 1. The summed E-state index contributed by atoms with van der Waals surface area (Å²) in [6.45, 7) is 13.0. The number of benzene rings is 3. The molecule has 0 spiro atoms. The third-order valence-corrected chi connectivity index (χ3v) is 10.4. The molecule has 1 N–H and O–H groups in total. The number of ether oxygens (including phenoxy) is 2. The smallest absolute Gasteiger partial charge is 0.310 e. The number of nitrogens with one attached hydrogen (secondary N) is 1. The van der Waals surface area contributed by atoms with Gasteiger partial charge in [0.1, 0.15) is 5.75 Å². The van der Waals surface area contributed by atoms with Gasteiger partial charge in [-0.15, -0.1) is 10.2 Å². The molecule has 0 aliphatic heterocycles. The van der Waals surface area contributed by atoms with Crippen LogP contribution in [-0.4, -0.2) is 33.9 Å². The van der Waals surface area contributed by atoms with Crippen molar-refractivity contribution >= 4 is 23.4 Å². The van der Waals surface area contributed by atoms with Crippen molar-refractivity contribution in [1.82, 2.24) is 14.8 Å². The summed E-state index contributed by atoms with van der Waals surface area (Å²) in [5.41, 5.74) is 5.49. The van der Waals surface area contributed by atoms with Gasteiger partial charge in [0.05, 0.1) is 19.6 Å². The van der Waals surface area contributed by atoms with E-state index in [4.69, 9.17) is 9.47 Å². The minimum Gasteiger partial charge on any atom is -0.493 e. The maximum absolute atomic E-state index is 12.4. The summed E-state index contributed by atoms with van der Waals surface area (Å²) in [6, 6.07) is 23.1. The fraction of sp³-hybridized carbons (Fsp3) is 0.523. The Labute approximate surface area is 317 Å². The van der Waals surface area contributed by atoms with Gasteiger partial charge in [-0.2, -0.15) is 0 Å². The lowest BCUT2D eigenvalue weighted by Gasteiger charge is -2.19. The number of rotatable bonds is 23. The van der Waals surface area contributed by atoms with E-state index in [-0.39, 0.29) is 11.4 Å². The topological polar surface area (TPSA) is 78.3 Å². The van der Waals surface area contributed by atoms with Gasteiger partial charge in [0.15, 0.2) is 11.0 Å². The SMILES string of the molecule is CCCCCCCCCOC(=O)Cc1ccc(NCc2ccc(Sc3nnc(-c4ccc(C(C)(C)C)cc4)n3C)cc2OCCCCCCC)cc1. The molecule has 8 heteroatoms. The van der Waals surface area contributed by atoms with Crippen LogP contribution in [0.3, 0.4) is 0 Å². The molecule has 0 fully saturated rings. The molecular weight excluding hydrogens is 665 g/mol. The average molecular weight is 727 g/mol. The van der Waals surface area contributed by atoms with Gasteiger partial charge in [0, 0.05) is 35.3 Å². The van der Waals surface area contributed by atoms with Crippen LogP contribution in [0.15, 0.2) is 76.8 Å². The van der Waals surface area contributed by atoms with Crippen molar-refractivity contribution in [2.45, 2.75) is 140 Å². The molecule has 0 bridgehead atoms. The van der Waals surface area contributed by atoms with Crippen LogP contribution in [0.5, 0.6) is 5.75 Å². The van der Waals surface area contributed by atoms with Gasteiger partial charge in [-0.1, -0.05) is 141 Å². The van der Waals surface area contributed by atoms with Crippen LogP contribution in [0.4, 0.5) is 5.69 Å². The number of anilines is 1. The predicted molar refractivity (Wildman–Crippen MR) is 216 cm³/mol. The molecule has 0 saturated carbocycles. The molecule has 0 atom stereocenters. The molecule has 0 unspecified atom stereocenters. The number of aromatic nitrogens is 3. The number of hydrogen-bond donors (Lipinski definition) is 1. The Morgan fingerprint density at radius 1 is 0.769 bits per heavy atom. The molecule has 0 amide bonds. The Morgan fingerprint density at radius 2 is 1.40 bits per heavy atom. The summed E-state index contributed by atoms with van der Waals surface area (Å²) in [6.07, 6.45) is 14.7. The maximum Gasteiger partial charge on any atom is 0.310 e. The lowest BCUT2D eigenvalue weighted by Crippen LogP contribution is -2.10. The summed E-state index contributed by atoms with van der Waals surface area (Å²) in [7, 11) is 2.02. The van der Waals surface area contributed by atoms with E-state index in [9.17, 15) is 4.79 Å². The summed E-state index contributed by atoms with van der Waals surface area (Å²) in [5.74, 6) is 1.57. The second kappa shape index (κ2) is 21.7. The fourth-order valence-electron chi connectivity index (χ4n) is 6.05. The molecule has 1 aromatic heterocycles. The summed E-state index contributed by atoms with van der Waals surface area (Å²) in [4.78, 5) is 13.4.